The van der Waals surface area contributed by atoms with Crippen LogP contribution in [-0.2, 0) is 14.6 Å². The third kappa shape index (κ3) is 4.72. The molecule has 2 rings (SSSR count). The normalized spacial score (nSPS) is 17.3. The summed E-state index contributed by atoms with van der Waals surface area (Å²) in [5.41, 5.74) is 0.200. The van der Waals surface area contributed by atoms with Crippen molar-refractivity contribution in [3.63, 3.8) is 0 Å². The number of carbonyl (C=O) groups excluding carboxylic acids is 1. The van der Waals surface area contributed by atoms with Crippen LogP contribution in [0.5, 0.6) is 0 Å². The summed E-state index contributed by atoms with van der Waals surface area (Å²) in [5, 5.41) is 12.4. The fraction of sp³-hybridized carbons (Fsp3) is 0.467. The summed E-state index contributed by atoms with van der Waals surface area (Å²) in [6.45, 7) is 0. The molecule has 0 radical (unpaired) electrons. The van der Waals surface area contributed by atoms with E-state index >= 15 is 0 Å². The standard InChI is InChI=1S/C15H17ClN2O3S/c1-22(20,21)10-15(6-7-15)8-14(19)18-13(9-17)11-2-4-12(16)5-3-11/h2-5,13H,6-8,10H2,1H3,(H,18,19)/t13-/m1/s1. The summed E-state index contributed by atoms with van der Waals surface area (Å²) >= 11 is 5.80. The Bertz CT molecular complexity index is 703. The average molecular weight is 341 g/mol. The Morgan fingerprint density at radius 3 is 2.45 bits per heavy atom. The van der Waals surface area contributed by atoms with Gasteiger partial charge in [-0.15, -0.1) is 0 Å². The number of nitrogens with one attached hydrogen (secondary N) is 1. The minimum Gasteiger partial charge on any atom is -0.337 e. The zero-order valence-electron chi connectivity index (χ0n) is 12.2. The van der Waals surface area contributed by atoms with E-state index in [1.54, 1.807) is 24.3 Å². The van der Waals surface area contributed by atoms with E-state index in [-0.39, 0.29) is 18.1 Å². The summed E-state index contributed by atoms with van der Waals surface area (Å²) in [5.74, 6) is -0.284. The first kappa shape index (κ1) is 16.8. The lowest BCUT2D eigenvalue weighted by Gasteiger charge is -2.16. The van der Waals surface area contributed by atoms with Crippen molar-refractivity contribution in [3.05, 3.63) is 34.9 Å². The zero-order valence-corrected chi connectivity index (χ0v) is 13.7. The first-order valence-corrected chi connectivity index (χ1v) is 9.29. The predicted octanol–water partition coefficient (Wildman–Crippen LogP) is 2.24. The molecule has 1 aliphatic rings. The molecule has 0 saturated heterocycles. The Kier molecular flexibility index (Phi) is 4.78. The van der Waals surface area contributed by atoms with Crippen LogP contribution in [0.3, 0.4) is 0 Å². The van der Waals surface area contributed by atoms with E-state index in [0.29, 0.717) is 10.6 Å². The van der Waals surface area contributed by atoms with Crippen LogP contribution in [0.2, 0.25) is 5.02 Å². The minimum absolute atomic E-state index is 0.0194. The molecule has 1 fully saturated rings. The molecule has 118 valence electrons. The van der Waals surface area contributed by atoms with Gasteiger partial charge in [0.05, 0.1) is 11.8 Å². The molecule has 0 bridgehead atoms. The monoisotopic (exact) mass is 340 g/mol. The molecule has 5 nitrogen and oxygen atoms in total. The SMILES string of the molecule is CS(=O)(=O)CC1(CC(=O)N[C@H](C#N)c2ccc(Cl)cc2)CC1. The van der Waals surface area contributed by atoms with Crippen LogP contribution in [0.15, 0.2) is 24.3 Å². The van der Waals surface area contributed by atoms with Gasteiger partial charge in [0, 0.05) is 17.7 Å². The second-order valence-corrected chi connectivity index (χ2v) is 8.50. The Morgan fingerprint density at radius 2 is 2.00 bits per heavy atom. The maximum absolute atomic E-state index is 12.1. The van der Waals surface area contributed by atoms with Gasteiger partial charge >= 0.3 is 0 Å². The van der Waals surface area contributed by atoms with Gasteiger partial charge in [-0.05, 0) is 36.0 Å². The van der Waals surface area contributed by atoms with Gasteiger partial charge in [0.2, 0.25) is 5.91 Å². The highest BCUT2D eigenvalue weighted by molar-refractivity contribution is 7.90. The van der Waals surface area contributed by atoms with Crippen molar-refractivity contribution in [2.24, 2.45) is 5.41 Å². The second-order valence-electron chi connectivity index (χ2n) is 5.93. The molecule has 1 aliphatic carbocycles. The lowest BCUT2D eigenvalue weighted by atomic mass is 10.0. The van der Waals surface area contributed by atoms with Crippen LogP contribution < -0.4 is 5.32 Å². The van der Waals surface area contributed by atoms with Crippen molar-refractivity contribution in [1.29, 1.82) is 5.26 Å². The number of amides is 1. The number of carbonyl (C=O) groups is 1. The van der Waals surface area contributed by atoms with Gasteiger partial charge in [-0.3, -0.25) is 4.79 Å². The summed E-state index contributed by atoms with van der Waals surface area (Å²) in [6, 6.07) is 7.93. The van der Waals surface area contributed by atoms with Gasteiger partial charge in [-0.2, -0.15) is 5.26 Å². The fourth-order valence-corrected chi connectivity index (χ4v) is 4.13. The molecule has 1 N–H and O–H groups in total. The van der Waals surface area contributed by atoms with E-state index < -0.39 is 21.3 Å². The number of hydrogen-bond acceptors (Lipinski definition) is 4. The van der Waals surface area contributed by atoms with Gasteiger partial charge < -0.3 is 5.32 Å². The highest BCUT2D eigenvalue weighted by Gasteiger charge is 2.46. The van der Waals surface area contributed by atoms with E-state index in [9.17, 15) is 18.5 Å². The highest BCUT2D eigenvalue weighted by atomic mass is 35.5. The molecule has 1 amide bonds. The molecule has 0 aliphatic heterocycles. The molecule has 1 aromatic rings. The molecular formula is C15H17ClN2O3S. The van der Waals surface area contributed by atoms with Crippen molar-refractivity contribution < 1.29 is 13.2 Å². The number of benzene rings is 1. The molecule has 1 aromatic carbocycles. The van der Waals surface area contributed by atoms with Gasteiger partial charge in [-0.1, -0.05) is 23.7 Å². The van der Waals surface area contributed by atoms with Crippen LogP contribution in [0.4, 0.5) is 0 Å². The molecule has 7 heteroatoms. The molecule has 0 heterocycles. The predicted molar refractivity (Wildman–Crippen MR) is 83.9 cm³/mol. The van der Waals surface area contributed by atoms with Crippen molar-refractivity contribution in [2.45, 2.75) is 25.3 Å². The van der Waals surface area contributed by atoms with Gasteiger partial charge in [-0.25, -0.2) is 8.42 Å². The van der Waals surface area contributed by atoms with Gasteiger partial charge in [0.15, 0.2) is 0 Å². The van der Waals surface area contributed by atoms with Crippen molar-refractivity contribution in [2.75, 3.05) is 12.0 Å². The maximum Gasteiger partial charge on any atom is 0.221 e. The van der Waals surface area contributed by atoms with E-state index in [2.05, 4.69) is 5.32 Å². The van der Waals surface area contributed by atoms with Crippen LogP contribution in [0.1, 0.15) is 30.9 Å². The largest absolute Gasteiger partial charge is 0.337 e. The lowest BCUT2D eigenvalue weighted by Crippen LogP contribution is -2.31. The van der Waals surface area contributed by atoms with Gasteiger partial charge in [0.1, 0.15) is 15.9 Å². The lowest BCUT2D eigenvalue weighted by molar-refractivity contribution is -0.122. The molecule has 22 heavy (non-hydrogen) atoms. The maximum atomic E-state index is 12.1. The van der Waals surface area contributed by atoms with Crippen LogP contribution in [0, 0.1) is 16.7 Å². The summed E-state index contributed by atoms with van der Waals surface area (Å²) in [6.07, 6.45) is 2.76. The molecule has 0 aromatic heterocycles. The fourth-order valence-electron chi connectivity index (χ4n) is 2.50. The molecular weight excluding hydrogens is 324 g/mol. The molecule has 0 spiro atoms. The van der Waals surface area contributed by atoms with Gasteiger partial charge in [0.25, 0.3) is 0 Å². The Balaban J connectivity index is 1.99. The number of nitriles is 1. The molecule has 0 unspecified atom stereocenters. The zero-order chi connectivity index (χ0) is 16.4. The topological polar surface area (TPSA) is 87.0 Å². The Labute approximate surface area is 135 Å². The number of halogens is 1. The average Bonchev–Trinajstić information content (AvgIpc) is 3.13. The summed E-state index contributed by atoms with van der Waals surface area (Å²) in [4.78, 5) is 12.1. The van der Waals surface area contributed by atoms with Crippen molar-refractivity contribution in [3.8, 4) is 6.07 Å². The molecule has 1 saturated carbocycles. The quantitative estimate of drug-likeness (QED) is 0.860. The van der Waals surface area contributed by atoms with Crippen molar-refractivity contribution >= 4 is 27.3 Å². The van der Waals surface area contributed by atoms with E-state index in [0.717, 1.165) is 12.8 Å². The van der Waals surface area contributed by atoms with Crippen LogP contribution >= 0.6 is 11.6 Å². The van der Waals surface area contributed by atoms with E-state index in [1.165, 1.54) is 6.26 Å². The minimum atomic E-state index is -3.12. The highest BCUT2D eigenvalue weighted by Crippen LogP contribution is 2.49. The van der Waals surface area contributed by atoms with E-state index in [4.69, 9.17) is 11.6 Å². The van der Waals surface area contributed by atoms with Crippen molar-refractivity contribution in [1.82, 2.24) is 5.32 Å². The number of rotatable bonds is 6. The third-order valence-corrected chi connectivity index (χ3v) is 5.09. The number of nitrogens with zero attached hydrogens (tertiary/aromatic N) is 1. The Morgan fingerprint density at radius 1 is 1.41 bits per heavy atom. The first-order chi connectivity index (χ1) is 10.2. The first-order valence-electron chi connectivity index (χ1n) is 6.85. The molecule has 1 atom stereocenters. The number of sulfone groups is 1. The number of hydrogen-bond donors (Lipinski definition) is 1. The smallest absolute Gasteiger partial charge is 0.221 e. The summed E-state index contributed by atoms with van der Waals surface area (Å²) < 4.78 is 22.8. The Hall–Kier alpha value is -1.58. The van der Waals surface area contributed by atoms with E-state index in [1.807, 2.05) is 6.07 Å². The third-order valence-electron chi connectivity index (χ3n) is 3.70. The van der Waals surface area contributed by atoms with Crippen LogP contribution in [-0.4, -0.2) is 26.3 Å². The van der Waals surface area contributed by atoms with Crippen LogP contribution in [0.25, 0.3) is 0 Å². The second kappa shape index (κ2) is 6.27. The summed E-state index contributed by atoms with van der Waals surface area (Å²) in [7, 11) is -3.12.